The van der Waals surface area contributed by atoms with E-state index >= 15 is 0 Å². The number of carbonyl (C=O) groups is 3. The first-order chi connectivity index (χ1) is 13.5. The van der Waals surface area contributed by atoms with Crippen molar-refractivity contribution in [1.82, 2.24) is 0 Å². The number of benzene rings is 2. The van der Waals surface area contributed by atoms with Crippen LogP contribution < -0.4 is 10.6 Å². The molecule has 2 N–H and O–H groups in total. The number of ether oxygens (including phenoxy) is 2. The molecular weight excluding hydrogens is 360 g/mol. The lowest BCUT2D eigenvalue weighted by Gasteiger charge is -2.12. The fraction of sp³-hybridized carbons (Fsp3) is 0.286. The van der Waals surface area contributed by atoms with Crippen molar-refractivity contribution in [3.8, 4) is 0 Å². The number of methoxy groups -OCH3 is 1. The van der Waals surface area contributed by atoms with Crippen molar-refractivity contribution in [1.29, 1.82) is 0 Å². The van der Waals surface area contributed by atoms with Gasteiger partial charge in [-0.1, -0.05) is 6.07 Å². The fourth-order valence-corrected chi connectivity index (χ4v) is 2.99. The normalized spacial score (nSPS) is 15.7. The molecule has 1 fully saturated rings. The van der Waals surface area contributed by atoms with Crippen molar-refractivity contribution in [2.75, 3.05) is 24.4 Å². The molecule has 2 aromatic rings. The number of aryl methyl sites for hydroxylation is 1. The molecule has 1 atom stereocenters. The van der Waals surface area contributed by atoms with Crippen LogP contribution in [0.3, 0.4) is 0 Å². The first-order valence-corrected chi connectivity index (χ1v) is 9.01. The zero-order valence-corrected chi connectivity index (χ0v) is 15.8. The summed E-state index contributed by atoms with van der Waals surface area (Å²) in [4.78, 5) is 36.4. The highest BCUT2D eigenvalue weighted by Crippen LogP contribution is 2.20. The SMILES string of the molecule is COC(=O)c1ccc(NC(=O)c2cccc(NC(=O)C3CCCO3)c2)c(C)c1. The molecule has 0 spiro atoms. The van der Waals surface area contributed by atoms with Crippen LogP contribution in [0.25, 0.3) is 0 Å². The third kappa shape index (κ3) is 4.55. The third-order valence-corrected chi connectivity index (χ3v) is 4.51. The van der Waals surface area contributed by atoms with Crippen LogP contribution in [0.2, 0.25) is 0 Å². The minimum Gasteiger partial charge on any atom is -0.465 e. The monoisotopic (exact) mass is 382 g/mol. The molecule has 1 aliphatic heterocycles. The van der Waals surface area contributed by atoms with Crippen LogP contribution in [-0.4, -0.2) is 37.6 Å². The Kier molecular flexibility index (Phi) is 6.06. The lowest BCUT2D eigenvalue weighted by Crippen LogP contribution is -2.27. The molecule has 0 radical (unpaired) electrons. The quantitative estimate of drug-likeness (QED) is 0.775. The van der Waals surface area contributed by atoms with Crippen molar-refractivity contribution in [2.45, 2.75) is 25.9 Å². The molecule has 0 bridgehead atoms. The summed E-state index contributed by atoms with van der Waals surface area (Å²) in [6.07, 6.45) is 1.13. The number of hydrogen-bond acceptors (Lipinski definition) is 5. The maximum atomic E-state index is 12.6. The molecule has 7 heteroatoms. The summed E-state index contributed by atoms with van der Waals surface area (Å²) in [5, 5.41) is 5.60. The molecule has 0 aliphatic carbocycles. The standard InChI is InChI=1S/C21H22N2O5/c1-13-11-15(21(26)27-2)8-9-17(13)23-19(24)14-5-3-6-16(12-14)22-20(25)18-7-4-10-28-18/h3,5-6,8-9,11-12,18H,4,7,10H2,1-2H3,(H,22,25)(H,23,24). The lowest BCUT2D eigenvalue weighted by atomic mass is 10.1. The predicted octanol–water partition coefficient (Wildman–Crippen LogP) is 3.15. The first-order valence-electron chi connectivity index (χ1n) is 9.01. The van der Waals surface area contributed by atoms with Gasteiger partial charge in [0.2, 0.25) is 0 Å². The summed E-state index contributed by atoms with van der Waals surface area (Å²) in [6.45, 7) is 2.38. The van der Waals surface area contributed by atoms with Gasteiger partial charge in [-0.2, -0.15) is 0 Å². The van der Waals surface area contributed by atoms with Crippen LogP contribution in [0, 0.1) is 6.92 Å². The number of rotatable bonds is 5. The highest BCUT2D eigenvalue weighted by atomic mass is 16.5. The van der Waals surface area contributed by atoms with Crippen LogP contribution in [0.1, 0.15) is 39.1 Å². The summed E-state index contributed by atoms with van der Waals surface area (Å²) < 4.78 is 10.1. The van der Waals surface area contributed by atoms with Gasteiger partial charge in [-0.05, 0) is 61.7 Å². The number of nitrogens with one attached hydrogen (secondary N) is 2. The smallest absolute Gasteiger partial charge is 0.337 e. The van der Waals surface area contributed by atoms with Gasteiger partial charge < -0.3 is 20.1 Å². The lowest BCUT2D eigenvalue weighted by molar-refractivity contribution is -0.124. The van der Waals surface area contributed by atoms with Gasteiger partial charge in [0.05, 0.1) is 12.7 Å². The van der Waals surface area contributed by atoms with Gasteiger partial charge in [-0.3, -0.25) is 9.59 Å². The topological polar surface area (TPSA) is 93.7 Å². The van der Waals surface area contributed by atoms with Crippen LogP contribution in [0.15, 0.2) is 42.5 Å². The average Bonchev–Trinajstić information content (AvgIpc) is 3.24. The second kappa shape index (κ2) is 8.67. The molecule has 1 saturated heterocycles. The first kappa shape index (κ1) is 19.6. The van der Waals surface area contributed by atoms with E-state index in [0.29, 0.717) is 35.5 Å². The van der Waals surface area contributed by atoms with Gasteiger partial charge in [0.25, 0.3) is 11.8 Å². The van der Waals surface area contributed by atoms with E-state index in [1.165, 1.54) is 7.11 Å². The summed E-state index contributed by atoms with van der Waals surface area (Å²) in [7, 11) is 1.32. The Labute approximate surface area is 163 Å². The van der Waals surface area contributed by atoms with Gasteiger partial charge in [-0.25, -0.2) is 4.79 Å². The van der Waals surface area contributed by atoms with E-state index in [4.69, 9.17) is 9.47 Å². The maximum absolute atomic E-state index is 12.6. The number of amides is 2. The zero-order valence-electron chi connectivity index (χ0n) is 15.8. The highest BCUT2D eigenvalue weighted by molar-refractivity contribution is 6.06. The van der Waals surface area contributed by atoms with Crippen molar-refractivity contribution in [3.05, 3.63) is 59.2 Å². The molecular formula is C21H22N2O5. The molecule has 2 amide bonds. The summed E-state index contributed by atoms with van der Waals surface area (Å²) in [5.74, 6) is -0.956. The van der Waals surface area contributed by atoms with E-state index in [1.807, 2.05) is 0 Å². The van der Waals surface area contributed by atoms with Crippen LogP contribution in [0.4, 0.5) is 11.4 Å². The molecule has 3 rings (SSSR count). The molecule has 2 aromatic carbocycles. The molecule has 7 nitrogen and oxygen atoms in total. The van der Waals surface area contributed by atoms with Gasteiger partial charge in [-0.15, -0.1) is 0 Å². The Balaban J connectivity index is 1.69. The summed E-state index contributed by atoms with van der Waals surface area (Å²) in [5.41, 5.74) is 2.68. The minimum absolute atomic E-state index is 0.204. The molecule has 1 heterocycles. The van der Waals surface area contributed by atoms with Crippen LogP contribution in [-0.2, 0) is 14.3 Å². The second-order valence-electron chi connectivity index (χ2n) is 6.55. The molecule has 28 heavy (non-hydrogen) atoms. The third-order valence-electron chi connectivity index (χ3n) is 4.51. The Morgan fingerprint density at radius 3 is 2.57 bits per heavy atom. The van der Waals surface area contributed by atoms with Crippen molar-refractivity contribution >= 4 is 29.2 Å². The fourth-order valence-electron chi connectivity index (χ4n) is 2.99. The highest BCUT2D eigenvalue weighted by Gasteiger charge is 2.23. The van der Waals surface area contributed by atoms with Gasteiger partial charge in [0.1, 0.15) is 6.10 Å². The molecule has 1 unspecified atom stereocenters. The molecule has 1 aliphatic rings. The Morgan fingerprint density at radius 1 is 1.07 bits per heavy atom. The van der Waals surface area contributed by atoms with Gasteiger partial charge >= 0.3 is 5.97 Å². The number of anilines is 2. The van der Waals surface area contributed by atoms with Crippen molar-refractivity contribution in [3.63, 3.8) is 0 Å². The molecule has 0 saturated carbocycles. The van der Waals surface area contributed by atoms with E-state index in [-0.39, 0.29) is 11.8 Å². The van der Waals surface area contributed by atoms with Gasteiger partial charge in [0.15, 0.2) is 0 Å². The number of carbonyl (C=O) groups excluding carboxylic acids is 3. The van der Waals surface area contributed by atoms with E-state index in [2.05, 4.69) is 10.6 Å². The Bertz CT molecular complexity index is 903. The number of hydrogen-bond donors (Lipinski definition) is 2. The van der Waals surface area contributed by atoms with Crippen LogP contribution >= 0.6 is 0 Å². The Hall–Kier alpha value is -3.19. The minimum atomic E-state index is -0.437. The van der Waals surface area contributed by atoms with Crippen LogP contribution in [0.5, 0.6) is 0 Å². The predicted molar refractivity (Wildman–Crippen MR) is 105 cm³/mol. The van der Waals surface area contributed by atoms with E-state index in [0.717, 1.165) is 12.0 Å². The summed E-state index contributed by atoms with van der Waals surface area (Å²) in [6, 6.07) is 11.6. The average molecular weight is 382 g/mol. The van der Waals surface area contributed by atoms with E-state index in [1.54, 1.807) is 49.4 Å². The largest absolute Gasteiger partial charge is 0.465 e. The maximum Gasteiger partial charge on any atom is 0.337 e. The number of esters is 1. The summed E-state index contributed by atoms with van der Waals surface area (Å²) >= 11 is 0. The Morgan fingerprint density at radius 2 is 1.89 bits per heavy atom. The zero-order chi connectivity index (χ0) is 20.1. The molecule has 0 aromatic heterocycles. The van der Waals surface area contributed by atoms with Crippen molar-refractivity contribution in [2.24, 2.45) is 0 Å². The second-order valence-corrected chi connectivity index (χ2v) is 6.55. The van der Waals surface area contributed by atoms with E-state index in [9.17, 15) is 14.4 Å². The molecule has 146 valence electrons. The van der Waals surface area contributed by atoms with Gasteiger partial charge in [0, 0.05) is 23.5 Å². The van der Waals surface area contributed by atoms with E-state index < -0.39 is 12.1 Å². The van der Waals surface area contributed by atoms with Crippen molar-refractivity contribution < 1.29 is 23.9 Å².